The zero-order valence-electron chi connectivity index (χ0n) is 9.13. The Bertz CT molecular complexity index is 466. The molecule has 84 valence electrons. The molecule has 0 aliphatic rings. The number of aliphatic hydroxyl groups is 1. The summed E-state index contributed by atoms with van der Waals surface area (Å²) in [5, 5.41) is 13.0. The fourth-order valence-corrected chi connectivity index (χ4v) is 1.61. The van der Waals surface area contributed by atoms with Gasteiger partial charge in [-0.2, -0.15) is 5.10 Å². The van der Waals surface area contributed by atoms with Gasteiger partial charge in [0, 0.05) is 17.3 Å². The van der Waals surface area contributed by atoms with Crippen LogP contribution in [0.15, 0.2) is 36.7 Å². The van der Waals surface area contributed by atoms with Gasteiger partial charge in [0.1, 0.15) is 5.75 Å². The van der Waals surface area contributed by atoms with Crippen LogP contribution in [0.5, 0.6) is 5.75 Å². The standard InChI is InChI=1S/C12H14N2O2/c1-16-12-5-3-2-4-11(12)10-8-13-14(9-10)6-7-15/h2-5,8-9,15H,6-7H2,1H3. The van der Waals surface area contributed by atoms with Gasteiger partial charge in [0.15, 0.2) is 0 Å². The maximum absolute atomic E-state index is 8.81. The van der Waals surface area contributed by atoms with Gasteiger partial charge >= 0.3 is 0 Å². The summed E-state index contributed by atoms with van der Waals surface area (Å²) in [6.07, 6.45) is 3.67. The Balaban J connectivity index is 2.34. The lowest BCUT2D eigenvalue weighted by Gasteiger charge is -2.05. The molecule has 2 aromatic rings. The maximum Gasteiger partial charge on any atom is 0.126 e. The van der Waals surface area contributed by atoms with Gasteiger partial charge in [-0.15, -0.1) is 0 Å². The van der Waals surface area contributed by atoms with Gasteiger partial charge in [0.05, 0.1) is 26.5 Å². The van der Waals surface area contributed by atoms with Gasteiger partial charge in [-0.1, -0.05) is 18.2 Å². The molecule has 0 saturated heterocycles. The van der Waals surface area contributed by atoms with Crippen molar-refractivity contribution in [3.05, 3.63) is 36.7 Å². The number of hydrogen-bond donors (Lipinski definition) is 1. The minimum atomic E-state index is 0.0903. The van der Waals surface area contributed by atoms with Crippen LogP contribution in [0.25, 0.3) is 11.1 Å². The van der Waals surface area contributed by atoms with Crippen molar-refractivity contribution in [1.29, 1.82) is 0 Å². The second kappa shape index (κ2) is 4.81. The second-order valence-corrected chi connectivity index (χ2v) is 3.42. The van der Waals surface area contributed by atoms with Crippen molar-refractivity contribution < 1.29 is 9.84 Å². The molecule has 0 amide bonds. The lowest BCUT2D eigenvalue weighted by molar-refractivity contribution is 0.269. The second-order valence-electron chi connectivity index (χ2n) is 3.42. The van der Waals surface area contributed by atoms with Crippen molar-refractivity contribution in [1.82, 2.24) is 9.78 Å². The van der Waals surface area contributed by atoms with Crippen LogP contribution in [0.3, 0.4) is 0 Å². The number of ether oxygens (including phenoxy) is 1. The van der Waals surface area contributed by atoms with Gasteiger partial charge < -0.3 is 9.84 Å². The Morgan fingerprint density at radius 2 is 2.19 bits per heavy atom. The first-order valence-electron chi connectivity index (χ1n) is 5.12. The third-order valence-corrected chi connectivity index (χ3v) is 2.38. The number of hydrogen-bond acceptors (Lipinski definition) is 3. The van der Waals surface area contributed by atoms with Crippen LogP contribution in [0.1, 0.15) is 0 Å². The number of aliphatic hydroxyl groups excluding tert-OH is 1. The van der Waals surface area contributed by atoms with E-state index in [-0.39, 0.29) is 6.61 Å². The average Bonchev–Trinajstić information content (AvgIpc) is 2.78. The zero-order valence-corrected chi connectivity index (χ0v) is 9.13. The normalized spacial score (nSPS) is 10.4. The van der Waals surface area contributed by atoms with Crippen LogP contribution >= 0.6 is 0 Å². The van der Waals surface area contributed by atoms with E-state index in [1.807, 2.05) is 30.5 Å². The van der Waals surface area contributed by atoms with E-state index in [2.05, 4.69) is 5.10 Å². The van der Waals surface area contributed by atoms with Crippen LogP contribution in [0, 0.1) is 0 Å². The number of nitrogens with zero attached hydrogens (tertiary/aromatic N) is 2. The third-order valence-electron chi connectivity index (χ3n) is 2.38. The molecule has 0 atom stereocenters. The first-order chi connectivity index (χ1) is 7.85. The summed E-state index contributed by atoms with van der Waals surface area (Å²) >= 11 is 0. The van der Waals surface area contributed by atoms with Crippen molar-refractivity contribution in [3.8, 4) is 16.9 Å². The number of methoxy groups -OCH3 is 1. The van der Waals surface area contributed by atoms with Gasteiger partial charge in [0.25, 0.3) is 0 Å². The Morgan fingerprint density at radius 3 is 2.94 bits per heavy atom. The van der Waals surface area contributed by atoms with Crippen LogP contribution in [0.4, 0.5) is 0 Å². The topological polar surface area (TPSA) is 47.3 Å². The molecule has 4 nitrogen and oxygen atoms in total. The van der Waals surface area contributed by atoms with Crippen molar-refractivity contribution in [2.24, 2.45) is 0 Å². The molecule has 0 spiro atoms. The first-order valence-corrected chi connectivity index (χ1v) is 5.12. The molecule has 4 heteroatoms. The van der Waals surface area contributed by atoms with Crippen molar-refractivity contribution in [3.63, 3.8) is 0 Å². The van der Waals surface area contributed by atoms with Crippen LogP contribution in [0.2, 0.25) is 0 Å². The number of benzene rings is 1. The Morgan fingerprint density at radius 1 is 1.38 bits per heavy atom. The minimum absolute atomic E-state index is 0.0903. The van der Waals surface area contributed by atoms with E-state index in [4.69, 9.17) is 9.84 Å². The summed E-state index contributed by atoms with van der Waals surface area (Å²) in [6.45, 7) is 0.599. The van der Waals surface area contributed by atoms with E-state index < -0.39 is 0 Å². The van der Waals surface area contributed by atoms with E-state index in [9.17, 15) is 0 Å². The predicted octanol–water partition coefficient (Wildman–Crippen LogP) is 1.55. The lowest BCUT2D eigenvalue weighted by Crippen LogP contribution is -2.01. The van der Waals surface area contributed by atoms with Gasteiger partial charge in [-0.3, -0.25) is 4.68 Å². The summed E-state index contributed by atoms with van der Waals surface area (Å²) in [6, 6.07) is 7.79. The molecule has 1 N–H and O–H groups in total. The fourth-order valence-electron chi connectivity index (χ4n) is 1.61. The molecule has 2 rings (SSSR count). The largest absolute Gasteiger partial charge is 0.496 e. The van der Waals surface area contributed by atoms with Crippen LogP contribution in [-0.2, 0) is 6.54 Å². The molecule has 16 heavy (non-hydrogen) atoms. The smallest absolute Gasteiger partial charge is 0.126 e. The Labute approximate surface area is 94.1 Å². The summed E-state index contributed by atoms with van der Waals surface area (Å²) < 4.78 is 6.99. The molecule has 1 heterocycles. The predicted molar refractivity (Wildman–Crippen MR) is 61.3 cm³/mol. The monoisotopic (exact) mass is 218 g/mol. The third kappa shape index (κ3) is 2.06. The number of rotatable bonds is 4. The van der Waals surface area contributed by atoms with E-state index in [1.165, 1.54) is 0 Å². The number of para-hydroxylation sites is 1. The molecule has 0 aliphatic heterocycles. The van der Waals surface area contributed by atoms with Gasteiger partial charge in [-0.05, 0) is 6.07 Å². The maximum atomic E-state index is 8.81. The van der Waals surface area contributed by atoms with Gasteiger partial charge in [0.2, 0.25) is 0 Å². The highest BCUT2D eigenvalue weighted by molar-refractivity contribution is 5.69. The van der Waals surface area contributed by atoms with Gasteiger partial charge in [-0.25, -0.2) is 0 Å². The summed E-state index contributed by atoms with van der Waals surface area (Å²) in [5.74, 6) is 0.825. The highest BCUT2D eigenvalue weighted by Gasteiger charge is 2.06. The molecule has 1 aromatic heterocycles. The van der Waals surface area contributed by atoms with Crippen molar-refractivity contribution in [2.75, 3.05) is 13.7 Å². The highest BCUT2D eigenvalue weighted by atomic mass is 16.5. The fraction of sp³-hybridized carbons (Fsp3) is 0.250. The first kappa shape index (κ1) is 10.7. The SMILES string of the molecule is COc1ccccc1-c1cnn(CCO)c1. The number of aromatic nitrogens is 2. The summed E-state index contributed by atoms with van der Waals surface area (Å²) in [4.78, 5) is 0. The molecule has 0 radical (unpaired) electrons. The molecular weight excluding hydrogens is 204 g/mol. The van der Waals surface area contributed by atoms with E-state index in [0.29, 0.717) is 6.54 Å². The van der Waals surface area contributed by atoms with Crippen molar-refractivity contribution >= 4 is 0 Å². The van der Waals surface area contributed by atoms with Crippen LogP contribution in [-0.4, -0.2) is 28.6 Å². The van der Waals surface area contributed by atoms with Crippen molar-refractivity contribution in [2.45, 2.75) is 6.54 Å². The minimum Gasteiger partial charge on any atom is -0.496 e. The molecule has 0 saturated carbocycles. The Kier molecular flexibility index (Phi) is 3.22. The highest BCUT2D eigenvalue weighted by Crippen LogP contribution is 2.28. The van der Waals surface area contributed by atoms with E-state index in [1.54, 1.807) is 18.0 Å². The summed E-state index contributed by atoms with van der Waals surface area (Å²) in [7, 11) is 1.65. The lowest BCUT2D eigenvalue weighted by atomic mass is 10.1. The molecule has 0 fully saturated rings. The molecular formula is C12H14N2O2. The molecule has 0 unspecified atom stereocenters. The van der Waals surface area contributed by atoms with E-state index in [0.717, 1.165) is 16.9 Å². The van der Waals surface area contributed by atoms with E-state index >= 15 is 0 Å². The molecule has 1 aromatic carbocycles. The Hall–Kier alpha value is -1.81. The summed E-state index contributed by atoms with van der Waals surface area (Å²) in [5.41, 5.74) is 2.00. The average molecular weight is 218 g/mol. The quantitative estimate of drug-likeness (QED) is 0.847. The molecule has 0 bridgehead atoms. The zero-order chi connectivity index (χ0) is 11.4. The molecule has 0 aliphatic carbocycles. The van der Waals surface area contributed by atoms with Crippen LogP contribution < -0.4 is 4.74 Å².